The van der Waals surface area contributed by atoms with Crippen molar-refractivity contribution >= 4 is 17.3 Å². The molecule has 0 saturated heterocycles. The third-order valence-corrected chi connectivity index (χ3v) is 6.53. The van der Waals surface area contributed by atoms with Gasteiger partial charge in [-0.05, 0) is 27.7 Å². The summed E-state index contributed by atoms with van der Waals surface area (Å²) < 4.78 is 15.9. The minimum absolute atomic E-state index is 0.0127. The molecule has 1 aromatic carbocycles. The fraction of sp³-hybridized carbons (Fsp3) is 0.400. The molecule has 1 aromatic heterocycles. The van der Waals surface area contributed by atoms with Crippen LogP contribution in [-0.2, 0) is 32.6 Å². The second kappa shape index (κ2) is 9.23. The van der Waals surface area contributed by atoms with E-state index in [1.165, 1.54) is 26.8 Å². The van der Waals surface area contributed by atoms with Gasteiger partial charge in [0.25, 0.3) is 0 Å². The first-order valence-electron chi connectivity index (χ1n) is 11.4. The van der Waals surface area contributed by atoms with Gasteiger partial charge in [-0.2, -0.15) is 4.98 Å². The summed E-state index contributed by atoms with van der Waals surface area (Å²) in [4.78, 5) is 43.2. The number of aromatic hydroxyl groups is 2. The number of phenols is 2. The van der Waals surface area contributed by atoms with Crippen molar-refractivity contribution in [1.29, 1.82) is 0 Å². The van der Waals surface area contributed by atoms with Crippen LogP contribution in [-0.4, -0.2) is 58.0 Å². The van der Waals surface area contributed by atoms with Crippen LogP contribution >= 0.6 is 0 Å². The van der Waals surface area contributed by atoms with Crippen LogP contribution < -0.4 is 10.1 Å². The largest absolute Gasteiger partial charge is 0.507 e. The van der Waals surface area contributed by atoms with Crippen molar-refractivity contribution in [1.82, 2.24) is 15.5 Å². The van der Waals surface area contributed by atoms with E-state index in [1.807, 2.05) is 0 Å². The molecule has 190 valence electrons. The Labute approximate surface area is 206 Å². The lowest BCUT2D eigenvalue weighted by molar-refractivity contribution is -0.123. The van der Waals surface area contributed by atoms with Crippen LogP contribution in [0.25, 0.3) is 0 Å². The number of allylic oxidation sites excluding steroid dienone is 4. The first-order chi connectivity index (χ1) is 17.0. The second-order valence-corrected chi connectivity index (χ2v) is 8.91. The summed E-state index contributed by atoms with van der Waals surface area (Å²) in [7, 11) is 1.58. The van der Waals surface area contributed by atoms with Crippen molar-refractivity contribution in [2.24, 2.45) is 0 Å². The van der Waals surface area contributed by atoms with E-state index in [9.17, 15) is 24.6 Å². The number of rotatable bonds is 8. The lowest BCUT2D eigenvalue weighted by atomic mass is 9.70. The highest BCUT2D eigenvalue weighted by Gasteiger charge is 2.56. The highest BCUT2D eigenvalue weighted by Crippen LogP contribution is 2.57. The molecule has 3 N–H and O–H groups in total. The lowest BCUT2D eigenvalue weighted by Crippen LogP contribution is -2.41. The summed E-state index contributed by atoms with van der Waals surface area (Å²) in [6.45, 7) is 6.58. The van der Waals surface area contributed by atoms with Gasteiger partial charge in [-0.1, -0.05) is 5.16 Å². The maximum absolute atomic E-state index is 13.8. The van der Waals surface area contributed by atoms with E-state index in [0.29, 0.717) is 43.4 Å². The molecule has 2 aromatic rings. The number of nitrogens with one attached hydrogen (secondary N) is 1. The number of hydrogen-bond acceptors (Lipinski definition) is 11. The third kappa shape index (κ3) is 3.85. The van der Waals surface area contributed by atoms with Gasteiger partial charge in [0.2, 0.25) is 5.89 Å². The van der Waals surface area contributed by atoms with E-state index in [1.54, 1.807) is 14.0 Å². The number of methoxy groups -OCH3 is 1. The molecule has 2 aliphatic rings. The molecule has 11 nitrogen and oxygen atoms in total. The zero-order valence-electron chi connectivity index (χ0n) is 20.6. The Balaban J connectivity index is 1.64. The standard InChI is InChI=1S/C25H27N3O8/c1-11-21(31)19(13(3)29)23-20(22(11)32)25(4)15(35-23)10-14(30)18(24(25)33)12(2)26-8-6-17-27-16(28-36-17)7-9-34-5/h10,26,31-32H,6-9H2,1-5H3/b18-12+/t25-/m0/s1. The van der Waals surface area contributed by atoms with Crippen LogP contribution in [0, 0.1) is 6.92 Å². The van der Waals surface area contributed by atoms with Gasteiger partial charge >= 0.3 is 0 Å². The molecule has 0 fully saturated rings. The number of ketones is 3. The summed E-state index contributed by atoms with van der Waals surface area (Å²) in [6, 6.07) is 0. The monoisotopic (exact) mass is 497 g/mol. The Morgan fingerprint density at radius 3 is 2.58 bits per heavy atom. The second-order valence-electron chi connectivity index (χ2n) is 8.91. The molecule has 1 aliphatic heterocycles. The summed E-state index contributed by atoms with van der Waals surface area (Å²) >= 11 is 0. The first-order valence-corrected chi connectivity index (χ1v) is 11.4. The zero-order chi connectivity index (χ0) is 26.4. The molecule has 4 rings (SSSR count). The van der Waals surface area contributed by atoms with Crippen molar-refractivity contribution < 1.29 is 38.6 Å². The summed E-state index contributed by atoms with van der Waals surface area (Å²) in [5.74, 6) is -1.68. The molecule has 0 bridgehead atoms. The van der Waals surface area contributed by atoms with Crippen molar-refractivity contribution in [2.75, 3.05) is 20.3 Å². The highest BCUT2D eigenvalue weighted by atomic mass is 16.5. The number of Topliss-reactive ketones (excluding diaryl/α,β-unsaturated/α-hetero) is 2. The van der Waals surface area contributed by atoms with E-state index < -0.39 is 28.5 Å². The van der Waals surface area contributed by atoms with Gasteiger partial charge in [0.1, 0.15) is 34.0 Å². The number of benzene rings is 1. The van der Waals surface area contributed by atoms with Crippen molar-refractivity contribution in [2.45, 2.75) is 46.0 Å². The van der Waals surface area contributed by atoms with Crippen LogP contribution in [0.15, 0.2) is 27.6 Å². The summed E-state index contributed by atoms with van der Waals surface area (Å²) in [5.41, 5.74) is -1.39. The predicted molar refractivity (Wildman–Crippen MR) is 125 cm³/mol. The van der Waals surface area contributed by atoms with E-state index in [-0.39, 0.29) is 39.5 Å². The topological polar surface area (TPSA) is 161 Å². The molecule has 0 amide bonds. The molecular formula is C25H27N3O8. The van der Waals surface area contributed by atoms with Gasteiger partial charge < -0.3 is 29.5 Å². The minimum atomic E-state index is -1.56. The lowest BCUT2D eigenvalue weighted by Gasteiger charge is -2.29. The van der Waals surface area contributed by atoms with Gasteiger partial charge in [0.15, 0.2) is 23.2 Å². The molecular weight excluding hydrogens is 470 g/mol. The number of fused-ring (bicyclic) bond motifs is 3. The number of aromatic nitrogens is 2. The Morgan fingerprint density at radius 1 is 1.19 bits per heavy atom. The van der Waals surface area contributed by atoms with Gasteiger partial charge in [-0.3, -0.25) is 14.4 Å². The maximum atomic E-state index is 13.8. The Hall–Kier alpha value is -3.99. The number of ether oxygens (including phenoxy) is 2. The van der Waals surface area contributed by atoms with Crippen LogP contribution in [0.2, 0.25) is 0 Å². The van der Waals surface area contributed by atoms with E-state index in [0.717, 1.165) is 0 Å². The molecule has 0 radical (unpaired) electrons. The number of hydrogen-bond donors (Lipinski definition) is 3. The number of carbonyl (C=O) groups is 3. The van der Waals surface area contributed by atoms with Crippen molar-refractivity contribution in [3.05, 3.63) is 51.5 Å². The number of phenolic OH excluding ortho intramolecular Hbond substituents is 2. The van der Waals surface area contributed by atoms with Crippen molar-refractivity contribution in [3.8, 4) is 17.2 Å². The molecule has 11 heteroatoms. The zero-order valence-corrected chi connectivity index (χ0v) is 20.6. The van der Waals surface area contributed by atoms with E-state index >= 15 is 0 Å². The van der Waals surface area contributed by atoms with Crippen LogP contribution in [0.1, 0.15) is 54.0 Å². The van der Waals surface area contributed by atoms with E-state index in [4.69, 9.17) is 14.0 Å². The molecule has 0 spiro atoms. The fourth-order valence-corrected chi connectivity index (χ4v) is 4.49. The summed E-state index contributed by atoms with van der Waals surface area (Å²) in [6.07, 6.45) is 2.06. The summed E-state index contributed by atoms with van der Waals surface area (Å²) in [5, 5.41) is 28.2. The Morgan fingerprint density at radius 2 is 1.92 bits per heavy atom. The van der Waals surface area contributed by atoms with Gasteiger partial charge in [0, 0.05) is 43.8 Å². The molecule has 2 heterocycles. The van der Waals surface area contributed by atoms with Gasteiger partial charge in [-0.25, -0.2) is 0 Å². The van der Waals surface area contributed by atoms with Gasteiger partial charge in [-0.15, -0.1) is 0 Å². The van der Waals surface area contributed by atoms with Crippen LogP contribution in [0.5, 0.6) is 17.2 Å². The number of carbonyl (C=O) groups excluding carboxylic acids is 3. The normalized spacial score (nSPS) is 20.0. The number of nitrogens with zero attached hydrogens (tertiary/aromatic N) is 2. The molecule has 0 saturated carbocycles. The molecule has 36 heavy (non-hydrogen) atoms. The highest BCUT2D eigenvalue weighted by molar-refractivity contribution is 6.31. The molecule has 0 unspecified atom stereocenters. The average Bonchev–Trinajstić information content (AvgIpc) is 3.38. The van der Waals surface area contributed by atoms with Gasteiger partial charge in [0.05, 0.1) is 17.7 Å². The predicted octanol–water partition coefficient (Wildman–Crippen LogP) is 1.97. The molecule has 1 aliphatic carbocycles. The Kier molecular flexibility index (Phi) is 6.44. The SMILES string of the molecule is COCCc1noc(CCN/C(C)=C2\C(=O)C=C3Oc4c(C(C)=O)c(O)c(C)c(O)c4[C@@]3(C)C2=O)n1. The fourth-order valence-electron chi connectivity index (χ4n) is 4.49. The third-order valence-electron chi connectivity index (χ3n) is 6.53. The first kappa shape index (κ1) is 25.1. The molecule has 1 atom stereocenters. The Bertz CT molecular complexity index is 1350. The van der Waals surface area contributed by atoms with Crippen molar-refractivity contribution in [3.63, 3.8) is 0 Å². The quantitative estimate of drug-likeness (QED) is 0.278. The average molecular weight is 498 g/mol. The van der Waals surface area contributed by atoms with E-state index in [2.05, 4.69) is 15.5 Å². The van der Waals surface area contributed by atoms with Crippen LogP contribution in [0.4, 0.5) is 0 Å². The smallest absolute Gasteiger partial charge is 0.228 e. The maximum Gasteiger partial charge on any atom is 0.228 e. The minimum Gasteiger partial charge on any atom is -0.507 e. The van der Waals surface area contributed by atoms with Crippen LogP contribution in [0.3, 0.4) is 0 Å².